The summed E-state index contributed by atoms with van der Waals surface area (Å²) in [4.78, 5) is 12.4. The van der Waals surface area contributed by atoms with Crippen molar-refractivity contribution in [2.45, 2.75) is 32.2 Å². The van der Waals surface area contributed by atoms with Crippen LogP contribution in [0.3, 0.4) is 0 Å². The summed E-state index contributed by atoms with van der Waals surface area (Å²) in [5, 5.41) is 6.63. The zero-order chi connectivity index (χ0) is 21.7. The summed E-state index contributed by atoms with van der Waals surface area (Å²) >= 11 is 0. The second-order valence-corrected chi connectivity index (χ2v) is 8.26. The summed E-state index contributed by atoms with van der Waals surface area (Å²) in [5.74, 6) is 0.987. The highest BCUT2D eigenvalue weighted by Gasteiger charge is 2.16. The molecule has 1 amide bonds. The number of nitrogens with one attached hydrogen (secondary N) is 2. The van der Waals surface area contributed by atoms with E-state index in [1.54, 1.807) is 38.1 Å². The van der Waals surface area contributed by atoms with Gasteiger partial charge in [-0.05, 0) is 69.3 Å². The van der Waals surface area contributed by atoms with E-state index in [2.05, 4.69) is 15.2 Å². The van der Waals surface area contributed by atoms with Gasteiger partial charge in [0.05, 0.1) is 17.2 Å². The van der Waals surface area contributed by atoms with Gasteiger partial charge in [0.25, 0.3) is 15.9 Å². The highest BCUT2D eigenvalue weighted by Crippen LogP contribution is 2.20. The molecule has 0 bridgehead atoms. The molecule has 0 fully saturated rings. The summed E-state index contributed by atoms with van der Waals surface area (Å²) in [7, 11) is -3.78. The predicted molar refractivity (Wildman–Crippen MR) is 112 cm³/mol. The first kappa shape index (κ1) is 21.4. The minimum absolute atomic E-state index is 0.0543. The van der Waals surface area contributed by atoms with Crippen LogP contribution in [-0.2, 0) is 16.6 Å². The number of amides is 1. The highest BCUT2D eigenvalue weighted by molar-refractivity contribution is 7.92. The number of sulfonamides is 1. The quantitative estimate of drug-likeness (QED) is 0.568. The molecule has 0 saturated carbocycles. The number of aromatic nitrogens is 1. The van der Waals surface area contributed by atoms with Crippen molar-refractivity contribution >= 4 is 21.6 Å². The molecule has 8 nitrogen and oxygen atoms in total. The van der Waals surface area contributed by atoms with Gasteiger partial charge in [-0.25, -0.2) is 8.42 Å². The lowest BCUT2D eigenvalue weighted by molar-refractivity contribution is 0.0950. The van der Waals surface area contributed by atoms with Gasteiger partial charge in [-0.1, -0.05) is 5.16 Å². The SMILES string of the molecule is CCOc1ccc(NS(=O)(=O)c2ccc(C(=O)NCc3c(C)noc3C)cc2)cc1. The van der Waals surface area contributed by atoms with E-state index in [9.17, 15) is 13.2 Å². The molecular formula is C21H23N3O5S. The van der Waals surface area contributed by atoms with Gasteiger partial charge in [0, 0.05) is 23.4 Å². The number of nitrogens with zero attached hydrogens (tertiary/aromatic N) is 1. The van der Waals surface area contributed by atoms with E-state index in [1.807, 2.05) is 6.92 Å². The molecule has 0 saturated heterocycles. The summed E-state index contributed by atoms with van der Waals surface area (Å²) < 4.78 is 38.1. The van der Waals surface area contributed by atoms with Crippen LogP contribution in [0.15, 0.2) is 57.9 Å². The Hall–Kier alpha value is -3.33. The first-order valence-corrected chi connectivity index (χ1v) is 10.8. The van der Waals surface area contributed by atoms with Crippen LogP contribution in [0.1, 0.15) is 34.3 Å². The second kappa shape index (κ2) is 9.00. The Balaban J connectivity index is 1.65. The largest absolute Gasteiger partial charge is 0.494 e. The van der Waals surface area contributed by atoms with Crippen molar-refractivity contribution < 1.29 is 22.5 Å². The molecule has 1 heterocycles. The molecule has 0 aliphatic carbocycles. The number of carbonyl (C=O) groups is 1. The van der Waals surface area contributed by atoms with Crippen LogP contribution in [-0.4, -0.2) is 26.1 Å². The van der Waals surface area contributed by atoms with E-state index < -0.39 is 10.0 Å². The zero-order valence-corrected chi connectivity index (χ0v) is 17.7. The van der Waals surface area contributed by atoms with Crippen LogP contribution in [0.4, 0.5) is 5.69 Å². The van der Waals surface area contributed by atoms with Crippen molar-refractivity contribution in [2.75, 3.05) is 11.3 Å². The lowest BCUT2D eigenvalue weighted by Gasteiger charge is -2.10. The summed E-state index contributed by atoms with van der Waals surface area (Å²) in [6, 6.07) is 12.3. The number of rotatable bonds is 8. The lowest BCUT2D eigenvalue weighted by Crippen LogP contribution is -2.23. The van der Waals surface area contributed by atoms with Gasteiger partial charge in [0.1, 0.15) is 11.5 Å². The van der Waals surface area contributed by atoms with Crippen LogP contribution in [0, 0.1) is 13.8 Å². The van der Waals surface area contributed by atoms with Crippen LogP contribution in [0.25, 0.3) is 0 Å². The van der Waals surface area contributed by atoms with Gasteiger partial charge in [-0.2, -0.15) is 0 Å². The molecule has 2 aromatic carbocycles. The van der Waals surface area contributed by atoms with Gasteiger partial charge in [-0.3, -0.25) is 9.52 Å². The maximum atomic E-state index is 12.6. The second-order valence-electron chi connectivity index (χ2n) is 6.57. The number of aryl methyl sites for hydroxylation is 2. The molecule has 1 aromatic heterocycles. The average Bonchev–Trinajstić information content (AvgIpc) is 3.05. The van der Waals surface area contributed by atoms with Crippen molar-refractivity contribution in [3.8, 4) is 5.75 Å². The van der Waals surface area contributed by atoms with Crippen LogP contribution in [0.5, 0.6) is 5.75 Å². The Morgan fingerprint density at radius 2 is 1.73 bits per heavy atom. The number of hydrogen-bond acceptors (Lipinski definition) is 6. The minimum Gasteiger partial charge on any atom is -0.494 e. The zero-order valence-electron chi connectivity index (χ0n) is 16.9. The standard InChI is InChI=1S/C21H23N3O5S/c1-4-28-18-9-7-17(8-10-18)24-30(26,27)19-11-5-16(6-12-19)21(25)22-13-20-14(2)23-29-15(20)3/h5-12,24H,4,13H2,1-3H3,(H,22,25). The molecule has 30 heavy (non-hydrogen) atoms. The van der Waals surface area contributed by atoms with E-state index in [1.165, 1.54) is 24.3 Å². The van der Waals surface area contributed by atoms with E-state index in [0.717, 1.165) is 11.3 Å². The molecular weight excluding hydrogens is 406 g/mol. The fourth-order valence-electron chi connectivity index (χ4n) is 2.81. The normalized spacial score (nSPS) is 11.2. The van der Waals surface area contributed by atoms with Gasteiger partial charge in [-0.15, -0.1) is 0 Å². The van der Waals surface area contributed by atoms with Gasteiger partial charge in [0.2, 0.25) is 0 Å². The molecule has 3 rings (SSSR count). The van der Waals surface area contributed by atoms with Crippen LogP contribution < -0.4 is 14.8 Å². The van der Waals surface area contributed by atoms with Gasteiger partial charge in [0.15, 0.2) is 0 Å². The third-order valence-corrected chi connectivity index (χ3v) is 5.85. The molecule has 0 radical (unpaired) electrons. The predicted octanol–water partition coefficient (Wildman–Crippen LogP) is 3.42. The molecule has 0 aliphatic heterocycles. The highest BCUT2D eigenvalue weighted by atomic mass is 32.2. The van der Waals surface area contributed by atoms with Crippen molar-refractivity contribution in [1.29, 1.82) is 0 Å². The molecule has 158 valence electrons. The lowest BCUT2D eigenvalue weighted by atomic mass is 10.2. The van der Waals surface area contributed by atoms with Crippen LogP contribution >= 0.6 is 0 Å². The van der Waals surface area contributed by atoms with Crippen LogP contribution in [0.2, 0.25) is 0 Å². The fourth-order valence-corrected chi connectivity index (χ4v) is 3.87. The Labute approximate surface area is 175 Å². The number of ether oxygens (including phenoxy) is 1. The summed E-state index contributed by atoms with van der Waals surface area (Å²) in [5.41, 5.74) is 2.30. The van der Waals surface area contributed by atoms with Crippen molar-refractivity contribution in [3.05, 3.63) is 71.1 Å². The van der Waals surface area contributed by atoms with E-state index >= 15 is 0 Å². The Kier molecular flexibility index (Phi) is 6.41. The average molecular weight is 429 g/mol. The smallest absolute Gasteiger partial charge is 0.261 e. The van der Waals surface area contributed by atoms with Crippen molar-refractivity contribution in [2.24, 2.45) is 0 Å². The molecule has 0 unspecified atom stereocenters. The summed E-state index contributed by atoms with van der Waals surface area (Å²) in [6.07, 6.45) is 0. The number of hydrogen-bond donors (Lipinski definition) is 2. The first-order chi connectivity index (χ1) is 14.3. The summed E-state index contributed by atoms with van der Waals surface area (Å²) in [6.45, 7) is 6.26. The maximum absolute atomic E-state index is 12.6. The van der Waals surface area contributed by atoms with Gasteiger partial charge < -0.3 is 14.6 Å². The van der Waals surface area contributed by atoms with Gasteiger partial charge >= 0.3 is 0 Å². The van der Waals surface area contributed by atoms with E-state index in [4.69, 9.17) is 9.26 Å². The Morgan fingerprint density at radius 3 is 2.30 bits per heavy atom. The van der Waals surface area contributed by atoms with Crippen molar-refractivity contribution in [1.82, 2.24) is 10.5 Å². The monoisotopic (exact) mass is 429 g/mol. The maximum Gasteiger partial charge on any atom is 0.261 e. The van der Waals surface area contributed by atoms with E-state index in [-0.39, 0.29) is 17.3 Å². The topological polar surface area (TPSA) is 111 Å². The molecule has 2 N–H and O–H groups in total. The number of anilines is 1. The molecule has 0 atom stereocenters. The first-order valence-electron chi connectivity index (χ1n) is 9.36. The number of carbonyl (C=O) groups excluding carboxylic acids is 1. The molecule has 0 aliphatic rings. The molecule has 9 heteroatoms. The third kappa shape index (κ3) is 4.98. The molecule has 0 spiro atoms. The van der Waals surface area contributed by atoms with E-state index in [0.29, 0.717) is 29.4 Å². The Morgan fingerprint density at radius 1 is 1.07 bits per heavy atom. The fraction of sp³-hybridized carbons (Fsp3) is 0.238. The molecule has 3 aromatic rings. The van der Waals surface area contributed by atoms with Crippen molar-refractivity contribution in [3.63, 3.8) is 0 Å². The Bertz CT molecular complexity index is 1100. The minimum atomic E-state index is -3.78. The third-order valence-electron chi connectivity index (χ3n) is 4.45. The number of benzene rings is 2.